The van der Waals surface area contributed by atoms with Crippen LogP contribution in [-0.4, -0.2) is 17.1 Å². The van der Waals surface area contributed by atoms with E-state index in [1.807, 2.05) is 48.7 Å². The van der Waals surface area contributed by atoms with Crippen molar-refractivity contribution in [2.75, 3.05) is 5.32 Å². The van der Waals surface area contributed by atoms with Gasteiger partial charge in [-0.15, -0.1) is 11.3 Å². The quantitative estimate of drug-likeness (QED) is 0.205. The molecule has 1 atom stereocenters. The molecule has 202 valence electrons. The third-order valence-electron chi connectivity index (χ3n) is 7.92. The molecule has 2 N–H and O–H groups in total. The fraction of sp³-hybridized carbons (Fsp3) is 0.235. The van der Waals surface area contributed by atoms with Crippen molar-refractivity contribution in [2.24, 2.45) is 16.3 Å². The Kier molecular flexibility index (Phi) is 7.11. The van der Waals surface area contributed by atoms with E-state index in [2.05, 4.69) is 55.3 Å². The van der Waals surface area contributed by atoms with Gasteiger partial charge in [-0.1, -0.05) is 80.9 Å². The summed E-state index contributed by atoms with van der Waals surface area (Å²) >= 11 is 7.74. The van der Waals surface area contributed by atoms with Crippen LogP contribution in [0.25, 0.3) is 22.2 Å². The number of hydrogen-bond acceptors (Lipinski definition) is 3. The van der Waals surface area contributed by atoms with E-state index in [1.54, 1.807) is 23.5 Å². The van der Waals surface area contributed by atoms with E-state index in [0.717, 1.165) is 63.2 Å². The van der Waals surface area contributed by atoms with Crippen molar-refractivity contribution in [3.05, 3.63) is 105 Å². The van der Waals surface area contributed by atoms with Gasteiger partial charge in [0.1, 0.15) is 5.00 Å². The van der Waals surface area contributed by atoms with Crippen molar-refractivity contribution in [1.29, 1.82) is 0 Å². The van der Waals surface area contributed by atoms with Crippen LogP contribution in [0.3, 0.4) is 0 Å². The maximum absolute atomic E-state index is 13.8. The summed E-state index contributed by atoms with van der Waals surface area (Å²) in [6, 6.07) is 25.8. The summed E-state index contributed by atoms with van der Waals surface area (Å²) < 4.78 is 0. The lowest BCUT2D eigenvalue weighted by Gasteiger charge is -2.33. The number of anilines is 1. The molecule has 0 saturated carbocycles. The van der Waals surface area contributed by atoms with Crippen LogP contribution in [0.2, 0.25) is 5.02 Å². The summed E-state index contributed by atoms with van der Waals surface area (Å²) in [7, 11) is 0. The molecule has 1 aliphatic rings. The normalized spacial score (nSPS) is 15.4. The van der Waals surface area contributed by atoms with E-state index >= 15 is 0 Å². The highest BCUT2D eigenvalue weighted by Crippen LogP contribution is 2.45. The summed E-state index contributed by atoms with van der Waals surface area (Å²) in [4.78, 5) is 23.7. The van der Waals surface area contributed by atoms with Crippen LogP contribution in [0.15, 0.2) is 83.9 Å². The number of fused-ring (bicyclic) bond motifs is 2. The van der Waals surface area contributed by atoms with Gasteiger partial charge >= 0.3 is 0 Å². The van der Waals surface area contributed by atoms with Crippen LogP contribution in [0.4, 0.5) is 10.7 Å². The van der Waals surface area contributed by atoms with Crippen LogP contribution < -0.4 is 5.32 Å². The molecule has 3 aromatic carbocycles. The predicted octanol–water partition coefficient (Wildman–Crippen LogP) is 9.70. The first kappa shape index (κ1) is 26.5. The first-order valence-corrected chi connectivity index (χ1v) is 14.9. The molecule has 0 aliphatic heterocycles. The molecule has 0 unspecified atom stereocenters. The first-order valence-electron chi connectivity index (χ1n) is 13.7. The molecule has 2 aromatic heterocycles. The molecule has 0 fully saturated rings. The minimum atomic E-state index is -0.122. The van der Waals surface area contributed by atoms with Crippen LogP contribution in [-0.2, 0) is 12.8 Å². The van der Waals surface area contributed by atoms with E-state index in [9.17, 15) is 4.79 Å². The number of thiophene rings is 1. The molecule has 40 heavy (non-hydrogen) atoms. The Morgan fingerprint density at radius 1 is 1.02 bits per heavy atom. The summed E-state index contributed by atoms with van der Waals surface area (Å²) in [6.45, 7) is 6.93. The number of nitrogens with one attached hydrogen (secondary N) is 2. The molecular weight excluding hydrogens is 534 g/mol. The molecule has 0 saturated heterocycles. The molecule has 6 heteroatoms. The number of aliphatic imine (C=N–C) groups is 1. The number of aromatic amines is 1. The van der Waals surface area contributed by atoms with Crippen molar-refractivity contribution in [2.45, 2.75) is 40.0 Å². The maximum Gasteiger partial charge on any atom is 0.259 e. The second kappa shape index (κ2) is 10.7. The molecule has 0 radical (unpaired) electrons. The van der Waals surface area contributed by atoms with E-state index in [1.165, 1.54) is 4.88 Å². The summed E-state index contributed by atoms with van der Waals surface area (Å²) in [5.41, 5.74) is 6.96. The lowest BCUT2D eigenvalue weighted by Crippen LogP contribution is -2.27. The van der Waals surface area contributed by atoms with Gasteiger partial charge in [0, 0.05) is 38.3 Å². The molecule has 4 nitrogen and oxygen atoms in total. The zero-order chi connectivity index (χ0) is 27.9. The fourth-order valence-electron chi connectivity index (χ4n) is 5.62. The highest BCUT2D eigenvalue weighted by molar-refractivity contribution is 7.16. The number of nitrogens with zero attached hydrogens (tertiary/aromatic N) is 1. The lowest BCUT2D eigenvalue weighted by molar-refractivity contribution is 0.102. The molecule has 1 amide bonds. The Bertz CT molecular complexity index is 1710. The van der Waals surface area contributed by atoms with Gasteiger partial charge < -0.3 is 10.3 Å². The van der Waals surface area contributed by atoms with E-state index in [4.69, 9.17) is 16.6 Å². The van der Waals surface area contributed by atoms with Crippen molar-refractivity contribution in [1.82, 2.24) is 4.98 Å². The van der Waals surface area contributed by atoms with Crippen LogP contribution in [0.5, 0.6) is 0 Å². The number of benzene rings is 3. The van der Waals surface area contributed by atoms with Gasteiger partial charge in [-0.2, -0.15) is 0 Å². The average molecular weight is 566 g/mol. The second-order valence-corrected chi connectivity index (χ2v) is 13.1. The Labute approximate surface area is 244 Å². The molecule has 1 aliphatic carbocycles. The Morgan fingerprint density at radius 3 is 2.50 bits per heavy atom. The second-order valence-electron chi connectivity index (χ2n) is 11.5. The fourth-order valence-corrected chi connectivity index (χ4v) is 7.01. The van der Waals surface area contributed by atoms with Crippen LogP contribution >= 0.6 is 22.9 Å². The summed E-state index contributed by atoms with van der Waals surface area (Å²) in [5.74, 6) is 0.448. The van der Waals surface area contributed by atoms with Crippen molar-refractivity contribution in [3.63, 3.8) is 0 Å². The SMILES string of the molecule is CC(C)(C)[C@@H]1CCc2c(sc(N=Cc3c(-c4ccccc4)[nH]c4ccccc34)c2C(=O)Nc2ccc(Cl)cc2)C1. The highest BCUT2D eigenvalue weighted by atomic mass is 35.5. The van der Waals surface area contributed by atoms with Gasteiger partial charge in [-0.25, -0.2) is 4.99 Å². The number of carbonyl (C=O) groups excluding carboxylic acids is 1. The Balaban J connectivity index is 1.44. The molecule has 5 aromatic rings. The minimum absolute atomic E-state index is 0.122. The number of para-hydroxylation sites is 1. The molecular formula is C34H32ClN3OS. The van der Waals surface area contributed by atoms with Gasteiger partial charge in [-0.3, -0.25) is 4.79 Å². The topological polar surface area (TPSA) is 57.2 Å². The number of hydrogen-bond donors (Lipinski definition) is 2. The third-order valence-corrected chi connectivity index (χ3v) is 9.33. The number of halogens is 1. The number of aromatic nitrogens is 1. The number of amides is 1. The minimum Gasteiger partial charge on any atom is -0.354 e. The van der Waals surface area contributed by atoms with Crippen LogP contribution in [0.1, 0.15) is 53.6 Å². The average Bonchev–Trinajstić information content (AvgIpc) is 3.51. The molecule has 0 bridgehead atoms. The number of carbonyl (C=O) groups is 1. The maximum atomic E-state index is 13.8. The third kappa shape index (κ3) is 5.24. The van der Waals surface area contributed by atoms with Gasteiger partial charge in [-0.05, 0) is 72.1 Å². The molecule has 6 rings (SSSR count). The zero-order valence-electron chi connectivity index (χ0n) is 22.9. The zero-order valence-corrected chi connectivity index (χ0v) is 24.5. The molecule has 2 heterocycles. The highest BCUT2D eigenvalue weighted by Gasteiger charge is 2.33. The van der Waals surface area contributed by atoms with Gasteiger partial charge in [0.05, 0.1) is 11.3 Å². The van der Waals surface area contributed by atoms with Gasteiger partial charge in [0.25, 0.3) is 5.91 Å². The first-order chi connectivity index (χ1) is 19.3. The van der Waals surface area contributed by atoms with Crippen molar-refractivity contribution < 1.29 is 4.79 Å². The van der Waals surface area contributed by atoms with E-state index in [-0.39, 0.29) is 11.3 Å². The Hall–Kier alpha value is -3.67. The summed E-state index contributed by atoms with van der Waals surface area (Å²) in [5, 5.41) is 5.59. The van der Waals surface area contributed by atoms with Crippen molar-refractivity contribution in [3.8, 4) is 11.3 Å². The van der Waals surface area contributed by atoms with Gasteiger partial charge in [0.2, 0.25) is 0 Å². The summed E-state index contributed by atoms with van der Waals surface area (Å²) in [6.07, 6.45) is 4.86. The number of rotatable bonds is 5. The van der Waals surface area contributed by atoms with Gasteiger partial charge in [0.15, 0.2) is 0 Å². The lowest BCUT2D eigenvalue weighted by atomic mass is 9.72. The van der Waals surface area contributed by atoms with E-state index in [0.29, 0.717) is 16.5 Å². The standard InChI is InChI=1S/C34H32ClN3OS/c1-34(2,3)22-13-18-26-29(19-22)40-33(30(26)32(39)37-24-16-14-23(35)15-17-24)36-20-27-25-11-7-8-12-28(25)38-31(27)21-9-5-4-6-10-21/h4-12,14-17,20,22,38H,13,18-19H2,1-3H3,(H,37,39)/t22-/m1/s1. The smallest absolute Gasteiger partial charge is 0.259 e. The Morgan fingerprint density at radius 2 is 1.75 bits per heavy atom. The molecule has 0 spiro atoms. The predicted molar refractivity (Wildman–Crippen MR) is 170 cm³/mol. The van der Waals surface area contributed by atoms with Crippen LogP contribution in [0, 0.1) is 11.3 Å². The van der Waals surface area contributed by atoms with E-state index < -0.39 is 0 Å². The number of H-pyrrole nitrogens is 1. The largest absolute Gasteiger partial charge is 0.354 e. The monoisotopic (exact) mass is 565 g/mol. The van der Waals surface area contributed by atoms with Crippen molar-refractivity contribution >= 4 is 56.7 Å².